The number of rotatable bonds is 4. The third-order valence-corrected chi connectivity index (χ3v) is 8.17. The van der Waals surface area contributed by atoms with E-state index in [4.69, 9.17) is 10.2 Å². The van der Waals surface area contributed by atoms with Gasteiger partial charge >= 0.3 is 0 Å². The number of hydrogen-bond donors (Lipinski definition) is 1. The molecule has 1 aromatic rings. The maximum Gasteiger partial charge on any atom is 0.192 e. The minimum absolute atomic E-state index is 0.0140. The summed E-state index contributed by atoms with van der Waals surface area (Å²) in [6.07, 6.45) is 0. The molecule has 0 heterocycles. The molecule has 0 saturated heterocycles. The van der Waals surface area contributed by atoms with Gasteiger partial charge in [-0.15, -0.1) is 0 Å². The van der Waals surface area contributed by atoms with Crippen molar-refractivity contribution < 1.29 is 13.6 Å². The Bertz CT molecular complexity index is 481. The normalized spacial score (nSPS) is 12.5. The van der Waals surface area contributed by atoms with Crippen molar-refractivity contribution in [3.63, 3.8) is 0 Å². The molecule has 0 bridgehead atoms. The zero-order chi connectivity index (χ0) is 14.8. The monoisotopic (exact) mass is 283 g/mol. The van der Waals surface area contributed by atoms with Gasteiger partial charge in [-0.25, -0.2) is 4.39 Å². The molecule has 0 aromatic heterocycles. The van der Waals surface area contributed by atoms with Gasteiger partial charge in [0, 0.05) is 5.56 Å². The van der Waals surface area contributed by atoms with Crippen LogP contribution in [0.5, 0.6) is 0 Å². The molecule has 0 saturated carbocycles. The van der Waals surface area contributed by atoms with E-state index in [9.17, 15) is 9.18 Å². The van der Waals surface area contributed by atoms with Crippen LogP contribution in [0.2, 0.25) is 18.1 Å². The molecular weight excluding hydrogens is 261 g/mol. The standard InChI is InChI=1S/C14H22FNO2Si/c1-14(2,3)19(4,5)18-9-13(17)10-6-7-12(16)11(15)8-10/h6-8H,9,16H2,1-5H3. The fraction of sp³-hybridized carbons (Fsp3) is 0.500. The van der Waals surface area contributed by atoms with Crippen molar-refractivity contribution in [2.45, 2.75) is 38.9 Å². The number of benzene rings is 1. The second-order valence-corrected chi connectivity index (χ2v) is 11.0. The summed E-state index contributed by atoms with van der Waals surface area (Å²) >= 11 is 0. The van der Waals surface area contributed by atoms with E-state index < -0.39 is 14.1 Å². The predicted molar refractivity (Wildman–Crippen MR) is 78.3 cm³/mol. The summed E-state index contributed by atoms with van der Waals surface area (Å²) < 4.78 is 19.1. The number of Topliss-reactive ketones (excluding diaryl/α,β-unsaturated/α-hetero) is 1. The number of halogens is 1. The summed E-state index contributed by atoms with van der Waals surface area (Å²) in [4.78, 5) is 12.0. The van der Waals surface area contributed by atoms with Gasteiger partial charge in [0.05, 0.1) is 12.3 Å². The summed E-state index contributed by atoms with van der Waals surface area (Å²) in [5.41, 5.74) is 5.72. The first-order valence-electron chi connectivity index (χ1n) is 6.27. The van der Waals surface area contributed by atoms with Crippen molar-refractivity contribution in [2.24, 2.45) is 0 Å². The van der Waals surface area contributed by atoms with Gasteiger partial charge < -0.3 is 10.2 Å². The van der Waals surface area contributed by atoms with Gasteiger partial charge in [0.25, 0.3) is 0 Å². The summed E-state index contributed by atoms with van der Waals surface area (Å²) in [6, 6.07) is 4.08. The Kier molecular flexibility index (Phi) is 4.53. The average Bonchev–Trinajstić information content (AvgIpc) is 2.28. The highest BCUT2D eigenvalue weighted by atomic mass is 28.4. The first kappa shape index (κ1) is 15.9. The van der Waals surface area contributed by atoms with Crippen LogP contribution in [0, 0.1) is 5.82 Å². The lowest BCUT2D eigenvalue weighted by Gasteiger charge is -2.35. The van der Waals surface area contributed by atoms with E-state index in [1.54, 1.807) is 0 Å². The van der Waals surface area contributed by atoms with Gasteiger partial charge in [0.15, 0.2) is 14.1 Å². The van der Waals surface area contributed by atoms with Crippen molar-refractivity contribution in [2.75, 3.05) is 12.3 Å². The van der Waals surface area contributed by atoms with E-state index in [0.717, 1.165) is 6.07 Å². The Morgan fingerprint density at radius 1 is 1.37 bits per heavy atom. The molecule has 0 spiro atoms. The first-order valence-corrected chi connectivity index (χ1v) is 9.17. The van der Waals surface area contributed by atoms with Gasteiger partial charge in [-0.05, 0) is 36.3 Å². The van der Waals surface area contributed by atoms with E-state index in [1.807, 2.05) is 0 Å². The SMILES string of the molecule is CC(C)(C)[Si](C)(C)OCC(=O)c1ccc(N)c(F)c1. The fourth-order valence-electron chi connectivity index (χ4n) is 1.25. The van der Waals surface area contributed by atoms with E-state index in [0.29, 0.717) is 5.56 Å². The van der Waals surface area contributed by atoms with Crippen LogP contribution in [-0.4, -0.2) is 20.7 Å². The molecule has 106 valence electrons. The van der Waals surface area contributed by atoms with Crippen LogP contribution in [0.1, 0.15) is 31.1 Å². The van der Waals surface area contributed by atoms with Gasteiger partial charge in [0.2, 0.25) is 0 Å². The number of ketones is 1. The average molecular weight is 283 g/mol. The number of carbonyl (C=O) groups excluding carboxylic acids is 1. The quantitative estimate of drug-likeness (QED) is 0.522. The molecule has 0 atom stereocenters. The van der Waals surface area contributed by atoms with Crippen LogP contribution >= 0.6 is 0 Å². The summed E-state index contributed by atoms with van der Waals surface area (Å²) in [6.45, 7) is 10.4. The minimum atomic E-state index is -1.96. The Morgan fingerprint density at radius 3 is 2.42 bits per heavy atom. The molecule has 0 fully saturated rings. The Labute approximate surface area is 115 Å². The number of carbonyl (C=O) groups is 1. The predicted octanol–water partition coefficient (Wildman–Crippen LogP) is 3.61. The van der Waals surface area contributed by atoms with Crippen LogP contribution in [0.3, 0.4) is 0 Å². The van der Waals surface area contributed by atoms with Crippen molar-refractivity contribution >= 4 is 19.8 Å². The van der Waals surface area contributed by atoms with Gasteiger partial charge in [-0.3, -0.25) is 4.79 Å². The number of hydrogen-bond acceptors (Lipinski definition) is 3. The number of anilines is 1. The van der Waals surface area contributed by atoms with Gasteiger partial charge in [0.1, 0.15) is 5.82 Å². The van der Waals surface area contributed by atoms with Crippen molar-refractivity contribution in [1.29, 1.82) is 0 Å². The van der Waals surface area contributed by atoms with Gasteiger partial charge in [-0.1, -0.05) is 20.8 Å². The largest absolute Gasteiger partial charge is 0.409 e. The third-order valence-electron chi connectivity index (χ3n) is 3.69. The molecule has 0 aliphatic carbocycles. The van der Waals surface area contributed by atoms with Crippen LogP contribution in [0.15, 0.2) is 18.2 Å². The highest BCUT2D eigenvalue weighted by Gasteiger charge is 2.37. The summed E-state index contributed by atoms with van der Waals surface area (Å²) in [7, 11) is -1.96. The molecule has 0 aliphatic rings. The van der Waals surface area contributed by atoms with Crippen LogP contribution < -0.4 is 5.73 Å². The van der Waals surface area contributed by atoms with Crippen molar-refractivity contribution in [3.8, 4) is 0 Å². The second-order valence-electron chi connectivity index (χ2n) is 6.21. The first-order chi connectivity index (χ1) is 8.54. The lowest BCUT2D eigenvalue weighted by Crippen LogP contribution is -2.42. The maximum absolute atomic E-state index is 13.3. The van der Waals surface area contributed by atoms with E-state index in [2.05, 4.69) is 33.9 Å². The number of nitrogen functional groups attached to an aromatic ring is 1. The Balaban J connectivity index is 2.73. The van der Waals surface area contributed by atoms with Crippen LogP contribution in [0.25, 0.3) is 0 Å². The molecule has 5 heteroatoms. The molecule has 1 rings (SSSR count). The smallest absolute Gasteiger partial charge is 0.192 e. The molecule has 0 amide bonds. The summed E-state index contributed by atoms with van der Waals surface area (Å²) in [5, 5.41) is 0.0413. The lowest BCUT2D eigenvalue weighted by atomic mass is 10.1. The second kappa shape index (κ2) is 5.42. The Morgan fingerprint density at radius 2 is 1.95 bits per heavy atom. The van der Waals surface area contributed by atoms with E-state index >= 15 is 0 Å². The topological polar surface area (TPSA) is 52.3 Å². The molecule has 3 nitrogen and oxygen atoms in total. The molecule has 0 radical (unpaired) electrons. The molecule has 0 aliphatic heterocycles. The zero-order valence-electron chi connectivity index (χ0n) is 12.2. The number of nitrogens with two attached hydrogens (primary N) is 1. The molecule has 19 heavy (non-hydrogen) atoms. The Hall–Kier alpha value is -1.20. The molecule has 0 unspecified atom stereocenters. The fourth-order valence-corrected chi connectivity index (χ4v) is 2.17. The van der Waals surface area contributed by atoms with Crippen LogP contribution in [-0.2, 0) is 4.43 Å². The molecule has 1 aromatic carbocycles. The van der Waals surface area contributed by atoms with Crippen molar-refractivity contribution in [3.05, 3.63) is 29.6 Å². The minimum Gasteiger partial charge on any atom is -0.409 e. The zero-order valence-corrected chi connectivity index (χ0v) is 13.2. The highest BCUT2D eigenvalue weighted by Crippen LogP contribution is 2.36. The maximum atomic E-state index is 13.3. The van der Waals surface area contributed by atoms with E-state index in [1.165, 1.54) is 12.1 Å². The van der Waals surface area contributed by atoms with Crippen molar-refractivity contribution in [1.82, 2.24) is 0 Å². The lowest BCUT2D eigenvalue weighted by molar-refractivity contribution is 0.0910. The highest BCUT2D eigenvalue weighted by molar-refractivity contribution is 6.74. The van der Waals surface area contributed by atoms with E-state index in [-0.39, 0.29) is 23.1 Å². The third kappa shape index (κ3) is 3.88. The van der Waals surface area contributed by atoms with Crippen LogP contribution in [0.4, 0.5) is 10.1 Å². The van der Waals surface area contributed by atoms with Gasteiger partial charge in [-0.2, -0.15) is 0 Å². The summed E-state index contributed by atoms with van der Waals surface area (Å²) in [5.74, 6) is -0.790. The molecule has 2 N–H and O–H groups in total. The molecular formula is C14H22FNO2Si.